The summed E-state index contributed by atoms with van der Waals surface area (Å²) in [5.74, 6) is 0. The Bertz CT molecular complexity index is 584. The number of aromatic nitrogens is 1. The van der Waals surface area contributed by atoms with Gasteiger partial charge in [-0.25, -0.2) is 0 Å². The number of thiophene rings is 1. The van der Waals surface area contributed by atoms with Gasteiger partial charge in [-0.1, -0.05) is 18.2 Å². The van der Waals surface area contributed by atoms with Gasteiger partial charge in [-0.05, 0) is 29.6 Å². The Morgan fingerprint density at radius 1 is 0.933 bits per heavy atom. The Kier molecular flexibility index (Phi) is 2.00. The van der Waals surface area contributed by atoms with Crippen LogP contribution in [0, 0.1) is 0 Å². The number of rotatable bonds is 1. The van der Waals surface area contributed by atoms with Crippen molar-refractivity contribution in [3.63, 3.8) is 0 Å². The molecule has 0 aliphatic rings. The van der Waals surface area contributed by atoms with Crippen molar-refractivity contribution >= 4 is 21.4 Å². The van der Waals surface area contributed by atoms with Gasteiger partial charge >= 0.3 is 0 Å². The standard InChI is InChI=1S/C13H9NS/c1-2-8-14-12(5-1)10-4-3-6-13-11(10)7-9-15-13/h1-9H. The molecule has 0 bridgehead atoms. The second-order valence-electron chi connectivity index (χ2n) is 3.35. The van der Waals surface area contributed by atoms with E-state index in [1.807, 2.05) is 24.4 Å². The largest absolute Gasteiger partial charge is 0.256 e. The van der Waals surface area contributed by atoms with Crippen molar-refractivity contribution in [1.29, 1.82) is 0 Å². The molecule has 3 rings (SSSR count). The van der Waals surface area contributed by atoms with Crippen LogP contribution in [0.4, 0.5) is 0 Å². The third-order valence-electron chi connectivity index (χ3n) is 2.44. The van der Waals surface area contributed by atoms with Crippen LogP contribution in [-0.2, 0) is 0 Å². The monoisotopic (exact) mass is 211 g/mol. The van der Waals surface area contributed by atoms with Crippen LogP contribution in [0.2, 0.25) is 0 Å². The predicted molar refractivity (Wildman–Crippen MR) is 65.1 cm³/mol. The van der Waals surface area contributed by atoms with Crippen molar-refractivity contribution in [2.24, 2.45) is 0 Å². The van der Waals surface area contributed by atoms with Crippen LogP contribution in [0.25, 0.3) is 21.3 Å². The van der Waals surface area contributed by atoms with E-state index in [1.54, 1.807) is 11.3 Å². The van der Waals surface area contributed by atoms with E-state index in [9.17, 15) is 0 Å². The smallest absolute Gasteiger partial charge is 0.0708 e. The van der Waals surface area contributed by atoms with Crippen LogP contribution in [0.15, 0.2) is 54.0 Å². The minimum absolute atomic E-state index is 1.04. The lowest BCUT2D eigenvalue weighted by molar-refractivity contribution is 1.33. The molecule has 2 aromatic heterocycles. The molecule has 2 heteroatoms. The first-order chi connectivity index (χ1) is 7.45. The quantitative estimate of drug-likeness (QED) is 0.593. The molecular weight excluding hydrogens is 202 g/mol. The van der Waals surface area contributed by atoms with Crippen molar-refractivity contribution in [1.82, 2.24) is 4.98 Å². The first-order valence-electron chi connectivity index (χ1n) is 4.83. The van der Waals surface area contributed by atoms with Crippen molar-refractivity contribution < 1.29 is 0 Å². The van der Waals surface area contributed by atoms with Crippen molar-refractivity contribution in [3.05, 3.63) is 54.0 Å². The molecule has 0 aliphatic carbocycles. The Morgan fingerprint density at radius 2 is 1.93 bits per heavy atom. The lowest BCUT2D eigenvalue weighted by Crippen LogP contribution is -1.81. The third-order valence-corrected chi connectivity index (χ3v) is 3.32. The van der Waals surface area contributed by atoms with E-state index in [4.69, 9.17) is 0 Å². The Hall–Kier alpha value is -1.67. The molecule has 0 atom stereocenters. The summed E-state index contributed by atoms with van der Waals surface area (Å²) >= 11 is 1.77. The minimum Gasteiger partial charge on any atom is -0.256 e. The molecule has 72 valence electrons. The predicted octanol–water partition coefficient (Wildman–Crippen LogP) is 3.96. The van der Waals surface area contributed by atoms with E-state index in [0.29, 0.717) is 0 Å². The highest BCUT2D eigenvalue weighted by Crippen LogP contribution is 2.30. The molecule has 0 fully saturated rings. The van der Waals surface area contributed by atoms with Gasteiger partial charge in [0.25, 0.3) is 0 Å². The van der Waals surface area contributed by atoms with Gasteiger partial charge in [0.05, 0.1) is 5.69 Å². The number of benzene rings is 1. The van der Waals surface area contributed by atoms with Gasteiger partial charge < -0.3 is 0 Å². The van der Waals surface area contributed by atoms with Crippen molar-refractivity contribution in [2.45, 2.75) is 0 Å². The van der Waals surface area contributed by atoms with Crippen molar-refractivity contribution in [2.75, 3.05) is 0 Å². The molecule has 3 aromatic rings. The zero-order valence-electron chi connectivity index (χ0n) is 8.05. The molecular formula is C13H9NS. The summed E-state index contributed by atoms with van der Waals surface area (Å²) in [6.45, 7) is 0. The third kappa shape index (κ3) is 1.43. The fourth-order valence-electron chi connectivity index (χ4n) is 1.74. The second-order valence-corrected chi connectivity index (χ2v) is 4.30. The number of fused-ring (bicyclic) bond motifs is 1. The molecule has 15 heavy (non-hydrogen) atoms. The molecule has 0 N–H and O–H groups in total. The van der Waals surface area contributed by atoms with Gasteiger partial charge in [0.1, 0.15) is 0 Å². The van der Waals surface area contributed by atoms with Gasteiger partial charge in [0, 0.05) is 21.8 Å². The molecule has 0 saturated carbocycles. The molecule has 0 aliphatic heterocycles. The number of hydrogen-bond acceptors (Lipinski definition) is 2. The molecule has 2 heterocycles. The van der Waals surface area contributed by atoms with Crippen LogP contribution in [0.1, 0.15) is 0 Å². The zero-order valence-corrected chi connectivity index (χ0v) is 8.87. The van der Waals surface area contributed by atoms with Crippen LogP contribution >= 0.6 is 11.3 Å². The zero-order chi connectivity index (χ0) is 10.1. The van der Waals surface area contributed by atoms with Gasteiger partial charge in [0.15, 0.2) is 0 Å². The van der Waals surface area contributed by atoms with E-state index in [2.05, 4.69) is 34.6 Å². The minimum atomic E-state index is 1.04. The Balaban J connectivity index is 2.31. The van der Waals surface area contributed by atoms with Gasteiger partial charge in [-0.15, -0.1) is 11.3 Å². The van der Waals surface area contributed by atoms with Gasteiger partial charge in [-0.2, -0.15) is 0 Å². The molecule has 0 unspecified atom stereocenters. The Labute approximate surface area is 92.0 Å². The number of hydrogen-bond donors (Lipinski definition) is 0. The topological polar surface area (TPSA) is 12.9 Å². The average molecular weight is 211 g/mol. The molecule has 1 nitrogen and oxygen atoms in total. The summed E-state index contributed by atoms with van der Waals surface area (Å²) in [6.07, 6.45) is 1.83. The molecule has 1 aromatic carbocycles. The lowest BCUT2D eigenvalue weighted by atomic mass is 10.1. The summed E-state index contributed by atoms with van der Waals surface area (Å²) in [5.41, 5.74) is 2.26. The number of pyridine rings is 1. The van der Waals surface area contributed by atoms with Crippen LogP contribution in [-0.4, -0.2) is 4.98 Å². The van der Waals surface area contributed by atoms with Crippen molar-refractivity contribution in [3.8, 4) is 11.3 Å². The van der Waals surface area contributed by atoms with Crippen LogP contribution < -0.4 is 0 Å². The van der Waals surface area contributed by atoms with Gasteiger partial charge in [-0.3, -0.25) is 4.98 Å². The fourth-order valence-corrected chi connectivity index (χ4v) is 2.55. The SMILES string of the molecule is c1ccc(-c2cccc3sccc23)nc1. The lowest BCUT2D eigenvalue weighted by Gasteiger charge is -2.01. The molecule has 0 radical (unpaired) electrons. The van der Waals surface area contributed by atoms with Crippen LogP contribution in [0.5, 0.6) is 0 Å². The molecule has 0 spiro atoms. The summed E-state index contributed by atoms with van der Waals surface area (Å²) in [6, 6.07) is 14.5. The van der Waals surface area contributed by atoms with Gasteiger partial charge in [0.2, 0.25) is 0 Å². The molecule has 0 saturated heterocycles. The number of nitrogens with zero attached hydrogens (tertiary/aromatic N) is 1. The first-order valence-corrected chi connectivity index (χ1v) is 5.71. The van der Waals surface area contributed by atoms with E-state index in [1.165, 1.54) is 15.6 Å². The highest BCUT2D eigenvalue weighted by atomic mass is 32.1. The van der Waals surface area contributed by atoms with E-state index in [0.717, 1.165) is 5.69 Å². The second kappa shape index (κ2) is 3.48. The average Bonchev–Trinajstić information content (AvgIpc) is 2.78. The summed E-state index contributed by atoms with van der Waals surface area (Å²) in [5, 5.41) is 3.41. The highest BCUT2D eigenvalue weighted by Gasteiger charge is 2.04. The van der Waals surface area contributed by atoms with E-state index in [-0.39, 0.29) is 0 Å². The van der Waals surface area contributed by atoms with E-state index >= 15 is 0 Å². The fraction of sp³-hybridized carbons (Fsp3) is 0. The first kappa shape index (κ1) is 8.62. The van der Waals surface area contributed by atoms with Crippen LogP contribution in [0.3, 0.4) is 0 Å². The van der Waals surface area contributed by atoms with E-state index < -0.39 is 0 Å². The summed E-state index contributed by atoms with van der Waals surface area (Å²) in [7, 11) is 0. The maximum atomic E-state index is 4.38. The normalized spacial score (nSPS) is 10.7. The maximum absolute atomic E-state index is 4.38. The highest BCUT2D eigenvalue weighted by molar-refractivity contribution is 7.17. The summed E-state index contributed by atoms with van der Waals surface area (Å²) in [4.78, 5) is 4.38. The maximum Gasteiger partial charge on any atom is 0.0708 e. The molecule has 0 amide bonds. The Morgan fingerprint density at radius 3 is 2.80 bits per heavy atom. The summed E-state index contributed by atoms with van der Waals surface area (Å²) < 4.78 is 1.32.